The highest BCUT2D eigenvalue weighted by atomic mass is 32.3. The minimum atomic E-state index is -5.00. The van der Waals surface area contributed by atoms with E-state index in [1.165, 1.54) is 13.8 Å². The van der Waals surface area contributed by atoms with Crippen LogP contribution in [0.5, 0.6) is 5.75 Å². The van der Waals surface area contributed by atoms with Crippen molar-refractivity contribution in [3.63, 3.8) is 0 Å². The van der Waals surface area contributed by atoms with Crippen LogP contribution >= 0.6 is 11.5 Å². The van der Waals surface area contributed by atoms with Gasteiger partial charge in [-0.05, 0) is 19.8 Å². The molecule has 0 spiro atoms. The molecule has 1 aliphatic heterocycles. The second-order valence-corrected chi connectivity index (χ2v) is 10.4. The van der Waals surface area contributed by atoms with Crippen LogP contribution in [-0.4, -0.2) is 71.5 Å². The van der Waals surface area contributed by atoms with Crippen LogP contribution in [0.15, 0.2) is 22.2 Å². The summed E-state index contributed by atoms with van der Waals surface area (Å²) >= 11 is 0.736. The summed E-state index contributed by atoms with van der Waals surface area (Å²) in [5, 5.41) is 26.2. The molecule has 0 unspecified atom stereocenters. The average molecular weight is 562 g/mol. The molecule has 0 radical (unpaired) electrons. The number of hydrogen-bond acceptors (Lipinski definition) is 14. The quantitative estimate of drug-likeness (QED) is 0.0826. The second-order valence-electron chi connectivity index (χ2n) is 8.65. The molecule has 1 saturated heterocycles. The number of oxime groups is 1. The third-order valence-electron chi connectivity index (χ3n) is 5.18. The summed E-state index contributed by atoms with van der Waals surface area (Å²) in [6.45, 7) is 6.04. The number of β-lactam (4-membered cyclic amide) rings is 1. The number of aromatic nitrogens is 3. The average Bonchev–Trinajstić information content (AvgIpc) is 3.21. The summed E-state index contributed by atoms with van der Waals surface area (Å²) in [5.74, 6) is -3.42. The smallest absolute Gasteiger partial charge is 0.418 e. The fourth-order valence-electron chi connectivity index (χ4n) is 3.30. The lowest BCUT2D eigenvalue weighted by Gasteiger charge is -2.50. The Morgan fingerprint density at radius 1 is 1.35 bits per heavy atom. The Hall–Kier alpha value is -3.81. The van der Waals surface area contributed by atoms with Crippen LogP contribution < -0.4 is 16.5 Å². The second kappa shape index (κ2) is 9.92. The lowest BCUT2D eigenvalue weighted by Crippen LogP contribution is -2.76. The molecular formula is C18H23N7O10S2. The summed E-state index contributed by atoms with van der Waals surface area (Å²) in [4.78, 5) is 46.8. The molecule has 3 rings (SSSR count). The fourth-order valence-corrected chi connectivity index (χ4v) is 4.19. The molecule has 0 saturated carbocycles. The third-order valence-corrected chi connectivity index (χ3v) is 6.06. The van der Waals surface area contributed by atoms with Crippen molar-refractivity contribution in [1.82, 2.24) is 24.5 Å². The van der Waals surface area contributed by atoms with E-state index in [0.29, 0.717) is 9.79 Å². The maximum Gasteiger partial charge on any atom is 0.418 e. The van der Waals surface area contributed by atoms with Crippen LogP contribution in [0.2, 0.25) is 0 Å². The zero-order chi connectivity index (χ0) is 27.9. The monoisotopic (exact) mass is 561 g/mol. The van der Waals surface area contributed by atoms with Crippen LogP contribution in [-0.2, 0) is 29.1 Å². The van der Waals surface area contributed by atoms with E-state index in [1.807, 2.05) is 0 Å². The molecular weight excluding hydrogens is 538 g/mol. The van der Waals surface area contributed by atoms with Gasteiger partial charge in [-0.15, -0.1) is 4.28 Å². The molecule has 0 bridgehead atoms. The van der Waals surface area contributed by atoms with Crippen molar-refractivity contribution in [2.75, 3.05) is 5.73 Å². The van der Waals surface area contributed by atoms with Gasteiger partial charge in [0.25, 0.3) is 11.8 Å². The summed E-state index contributed by atoms with van der Waals surface area (Å²) in [5.41, 5.74) is 2.76. The molecule has 19 heteroatoms. The van der Waals surface area contributed by atoms with E-state index in [0.717, 1.165) is 23.8 Å². The molecule has 2 aromatic heterocycles. The molecule has 1 fully saturated rings. The highest BCUT2D eigenvalue weighted by Crippen LogP contribution is 2.33. The van der Waals surface area contributed by atoms with Gasteiger partial charge in [0.15, 0.2) is 17.0 Å². The minimum absolute atomic E-state index is 0.0218. The fraction of sp³-hybridized carbons (Fsp3) is 0.444. The van der Waals surface area contributed by atoms with Gasteiger partial charge in [-0.3, -0.25) is 18.9 Å². The number of rotatable bonds is 9. The SMILES string of the molecule is CC(C)[C@H](O/N=C(\C(=O)N[C@@H]1C(=O)N(OS(=O)(=O)O)C1(C)C)c1nsc(N)n1)c1cc(=O)c(O)cn1O. The van der Waals surface area contributed by atoms with Crippen molar-refractivity contribution in [2.45, 2.75) is 45.4 Å². The Kier molecular flexibility index (Phi) is 7.44. The van der Waals surface area contributed by atoms with Crippen LogP contribution in [0.3, 0.4) is 0 Å². The number of pyridine rings is 1. The van der Waals surface area contributed by atoms with Gasteiger partial charge in [-0.1, -0.05) is 19.0 Å². The number of nitrogens with zero attached hydrogens (tertiary/aromatic N) is 5. The molecule has 2 amide bonds. The number of carbonyl (C=O) groups excluding carboxylic acids is 2. The van der Waals surface area contributed by atoms with Crippen LogP contribution in [0.4, 0.5) is 5.13 Å². The molecule has 0 aromatic carbocycles. The van der Waals surface area contributed by atoms with E-state index in [2.05, 4.69) is 24.1 Å². The van der Waals surface area contributed by atoms with E-state index in [-0.39, 0.29) is 16.6 Å². The maximum absolute atomic E-state index is 13.1. The first kappa shape index (κ1) is 27.8. The number of nitrogens with one attached hydrogen (secondary N) is 1. The summed E-state index contributed by atoms with van der Waals surface area (Å²) in [6, 6.07) is -0.392. The number of carbonyl (C=O) groups is 2. The molecule has 0 aliphatic carbocycles. The summed E-state index contributed by atoms with van der Waals surface area (Å²) in [7, 11) is -5.00. The summed E-state index contributed by atoms with van der Waals surface area (Å²) < 4.78 is 39.5. The van der Waals surface area contributed by atoms with Crippen LogP contribution in [0.25, 0.3) is 0 Å². The van der Waals surface area contributed by atoms with Crippen molar-refractivity contribution >= 4 is 44.6 Å². The predicted molar refractivity (Wildman–Crippen MR) is 125 cm³/mol. The van der Waals surface area contributed by atoms with Gasteiger partial charge >= 0.3 is 10.4 Å². The Bertz CT molecular complexity index is 1420. The van der Waals surface area contributed by atoms with Crippen molar-refractivity contribution in [1.29, 1.82) is 0 Å². The first-order chi connectivity index (χ1) is 17.0. The number of aromatic hydroxyl groups is 1. The normalized spacial score (nSPS) is 18.4. The number of hydrogen-bond donors (Lipinski definition) is 5. The molecule has 17 nitrogen and oxygen atoms in total. The summed E-state index contributed by atoms with van der Waals surface area (Å²) in [6.07, 6.45) is -0.348. The van der Waals surface area contributed by atoms with Crippen molar-refractivity contribution in [2.24, 2.45) is 11.1 Å². The third kappa shape index (κ3) is 5.79. The van der Waals surface area contributed by atoms with E-state index in [9.17, 15) is 33.1 Å². The first-order valence-electron chi connectivity index (χ1n) is 10.3. The molecule has 6 N–H and O–H groups in total. The molecule has 3 heterocycles. The number of anilines is 1. The highest BCUT2D eigenvalue weighted by Gasteiger charge is 2.58. The van der Waals surface area contributed by atoms with E-state index >= 15 is 0 Å². The van der Waals surface area contributed by atoms with Gasteiger partial charge in [0, 0.05) is 17.6 Å². The zero-order valence-electron chi connectivity index (χ0n) is 19.7. The number of nitrogen functional groups attached to an aromatic ring is 1. The lowest BCUT2D eigenvalue weighted by atomic mass is 9.84. The first-order valence-corrected chi connectivity index (χ1v) is 12.5. The predicted octanol–water partition coefficient (Wildman–Crippen LogP) is -0.817. The Morgan fingerprint density at radius 2 is 2.00 bits per heavy atom. The van der Waals surface area contributed by atoms with Crippen molar-refractivity contribution in [3.05, 3.63) is 34.0 Å². The largest absolute Gasteiger partial charge is 0.503 e. The van der Waals surface area contributed by atoms with Gasteiger partial charge < -0.3 is 26.2 Å². The van der Waals surface area contributed by atoms with Gasteiger partial charge in [-0.2, -0.15) is 27.6 Å². The Labute approximate surface area is 213 Å². The van der Waals surface area contributed by atoms with E-state index in [4.69, 9.17) is 15.1 Å². The molecule has 37 heavy (non-hydrogen) atoms. The Morgan fingerprint density at radius 3 is 2.51 bits per heavy atom. The van der Waals surface area contributed by atoms with Gasteiger partial charge in [-0.25, -0.2) is 0 Å². The zero-order valence-corrected chi connectivity index (χ0v) is 21.3. The molecule has 2 atom stereocenters. The minimum Gasteiger partial charge on any atom is -0.503 e. The van der Waals surface area contributed by atoms with Crippen LogP contribution in [0, 0.1) is 5.92 Å². The van der Waals surface area contributed by atoms with Crippen LogP contribution in [0.1, 0.15) is 45.3 Å². The number of hydroxylamine groups is 2. The maximum atomic E-state index is 13.1. The topological polar surface area (TPSA) is 249 Å². The number of nitrogens with two attached hydrogens (primary N) is 1. The van der Waals surface area contributed by atoms with E-state index in [1.54, 1.807) is 13.8 Å². The van der Waals surface area contributed by atoms with Gasteiger partial charge in [0.2, 0.25) is 17.0 Å². The van der Waals surface area contributed by atoms with Gasteiger partial charge in [0.1, 0.15) is 11.7 Å². The van der Waals surface area contributed by atoms with E-state index < -0.39 is 62.7 Å². The van der Waals surface area contributed by atoms with Crippen molar-refractivity contribution < 1.29 is 42.0 Å². The van der Waals surface area contributed by atoms with Gasteiger partial charge in [0.05, 0.1) is 11.7 Å². The lowest BCUT2D eigenvalue weighted by molar-refractivity contribution is -0.218. The van der Waals surface area contributed by atoms with Crippen molar-refractivity contribution in [3.8, 4) is 5.75 Å². The molecule has 2 aromatic rings. The standard InChI is InChI=1S/C18H23N7O10S2/c1-7(2)12(8-5-9(26)10(27)6-24(8)30)34-22-11(14-21-17(19)36-23-14)15(28)20-13-16(29)25(18(13,3)4)35-37(31,32)33/h5-7,12-13,27,30H,1-4H3,(H,20,28)(H2,19,21,23)(H,31,32,33)/b22-11-/t12-,13+/m0/s1. The molecule has 202 valence electrons. The Balaban J connectivity index is 1.92. The molecule has 1 aliphatic rings. The number of amides is 2. The highest BCUT2D eigenvalue weighted by molar-refractivity contribution is 7.80.